The van der Waals surface area contributed by atoms with Crippen molar-refractivity contribution in [3.63, 3.8) is 0 Å². The van der Waals surface area contributed by atoms with Crippen LogP contribution in [0, 0.1) is 5.41 Å². The Balaban J connectivity index is 1.79. The summed E-state index contributed by atoms with van der Waals surface area (Å²) in [7, 11) is 0. The summed E-state index contributed by atoms with van der Waals surface area (Å²) in [5.74, 6) is 0.109. The van der Waals surface area contributed by atoms with E-state index in [1.807, 2.05) is 35.0 Å². The molecule has 0 bridgehead atoms. The predicted molar refractivity (Wildman–Crippen MR) is 82.4 cm³/mol. The fraction of sp³-hybridized carbons (Fsp3) is 0.375. The van der Waals surface area contributed by atoms with Gasteiger partial charge < -0.3 is 15.2 Å². The fourth-order valence-corrected chi connectivity index (χ4v) is 2.82. The second-order valence-corrected chi connectivity index (χ2v) is 5.54. The van der Waals surface area contributed by atoms with E-state index in [4.69, 9.17) is 0 Å². The van der Waals surface area contributed by atoms with Crippen molar-refractivity contribution in [3.8, 4) is 5.69 Å². The second-order valence-electron chi connectivity index (χ2n) is 5.54. The largest absolute Gasteiger partial charge is 0.325 e. The molecule has 2 N–H and O–H groups in total. The number of hydrogen-bond donors (Lipinski definition) is 2. The first-order valence-corrected chi connectivity index (χ1v) is 7.34. The van der Waals surface area contributed by atoms with Crippen LogP contribution in [-0.2, 0) is 4.79 Å². The summed E-state index contributed by atoms with van der Waals surface area (Å²) in [6.45, 7) is 3.75. The molecule has 3 rings (SSSR count). The van der Waals surface area contributed by atoms with Crippen LogP contribution in [0.15, 0.2) is 43.0 Å². The number of imidazole rings is 1. The lowest BCUT2D eigenvalue weighted by Gasteiger charge is -2.25. The Hall–Kier alpha value is -2.14. The number of anilines is 1. The van der Waals surface area contributed by atoms with Crippen LogP contribution in [0.3, 0.4) is 0 Å². The molecule has 2 aromatic rings. The molecule has 0 spiro atoms. The molecule has 0 saturated carbocycles. The molecule has 110 valence electrons. The number of amides is 1. The van der Waals surface area contributed by atoms with Crippen molar-refractivity contribution in [2.24, 2.45) is 5.41 Å². The molecule has 1 atom stereocenters. The highest BCUT2D eigenvalue weighted by Crippen LogP contribution is 2.31. The summed E-state index contributed by atoms with van der Waals surface area (Å²) in [4.78, 5) is 16.6. The Bertz CT molecular complexity index is 615. The minimum atomic E-state index is -0.273. The van der Waals surface area contributed by atoms with Crippen LogP contribution < -0.4 is 10.6 Å². The highest BCUT2D eigenvalue weighted by molar-refractivity contribution is 5.96. The molecule has 1 saturated heterocycles. The summed E-state index contributed by atoms with van der Waals surface area (Å²) in [6, 6.07) is 7.82. The zero-order valence-corrected chi connectivity index (χ0v) is 12.2. The van der Waals surface area contributed by atoms with Crippen molar-refractivity contribution < 1.29 is 4.79 Å². The van der Waals surface area contributed by atoms with E-state index < -0.39 is 0 Å². The molecule has 1 fully saturated rings. The number of rotatable bonds is 4. The van der Waals surface area contributed by atoms with Crippen LogP contribution in [0.25, 0.3) is 5.69 Å². The normalized spacial score (nSPS) is 21.4. The van der Waals surface area contributed by atoms with Crippen LogP contribution in [0.1, 0.15) is 19.8 Å². The lowest BCUT2D eigenvalue weighted by atomic mass is 9.83. The Morgan fingerprint density at radius 1 is 1.52 bits per heavy atom. The minimum absolute atomic E-state index is 0.109. The van der Waals surface area contributed by atoms with E-state index in [0.717, 1.165) is 37.3 Å². The third-order valence-corrected chi connectivity index (χ3v) is 4.31. The smallest absolute Gasteiger partial charge is 0.231 e. The lowest BCUT2D eigenvalue weighted by Crippen LogP contribution is -2.37. The minimum Gasteiger partial charge on any atom is -0.325 e. The van der Waals surface area contributed by atoms with Crippen LogP contribution in [-0.4, -0.2) is 28.5 Å². The van der Waals surface area contributed by atoms with Crippen molar-refractivity contribution in [2.75, 3.05) is 18.4 Å². The zero-order valence-electron chi connectivity index (χ0n) is 12.2. The molecule has 1 unspecified atom stereocenters. The molecular weight excluding hydrogens is 264 g/mol. The second kappa shape index (κ2) is 5.69. The summed E-state index contributed by atoms with van der Waals surface area (Å²) in [5.41, 5.74) is 1.54. The molecule has 2 heterocycles. The molecule has 1 aliphatic heterocycles. The highest BCUT2D eigenvalue weighted by Gasteiger charge is 2.39. The number of carbonyl (C=O) groups is 1. The molecule has 1 aliphatic rings. The Kier molecular flexibility index (Phi) is 3.75. The summed E-state index contributed by atoms with van der Waals surface area (Å²) < 4.78 is 1.92. The third-order valence-electron chi connectivity index (χ3n) is 4.31. The maximum Gasteiger partial charge on any atom is 0.231 e. The maximum atomic E-state index is 12.6. The van der Waals surface area contributed by atoms with Gasteiger partial charge in [0.2, 0.25) is 5.91 Å². The predicted octanol–water partition coefficient (Wildman–Crippen LogP) is 2.20. The van der Waals surface area contributed by atoms with E-state index in [0.29, 0.717) is 0 Å². The molecule has 0 radical (unpaired) electrons. The first-order valence-electron chi connectivity index (χ1n) is 7.34. The van der Waals surface area contributed by atoms with Crippen molar-refractivity contribution >= 4 is 11.6 Å². The summed E-state index contributed by atoms with van der Waals surface area (Å²) in [5, 5.41) is 6.36. The van der Waals surface area contributed by atoms with Gasteiger partial charge in [0.1, 0.15) is 0 Å². The lowest BCUT2D eigenvalue weighted by molar-refractivity contribution is -0.124. The van der Waals surface area contributed by atoms with Crippen LogP contribution in [0.2, 0.25) is 0 Å². The van der Waals surface area contributed by atoms with Gasteiger partial charge in [-0.05, 0) is 37.6 Å². The van der Waals surface area contributed by atoms with E-state index in [2.05, 4.69) is 22.5 Å². The number of nitrogens with one attached hydrogen (secondary N) is 2. The molecule has 5 heteroatoms. The number of carbonyl (C=O) groups excluding carboxylic acids is 1. The van der Waals surface area contributed by atoms with Crippen LogP contribution in [0.5, 0.6) is 0 Å². The number of hydrogen-bond acceptors (Lipinski definition) is 3. The number of aromatic nitrogens is 2. The van der Waals surface area contributed by atoms with Crippen molar-refractivity contribution in [2.45, 2.75) is 19.8 Å². The highest BCUT2D eigenvalue weighted by atomic mass is 16.2. The van der Waals surface area contributed by atoms with Gasteiger partial charge in [-0.2, -0.15) is 0 Å². The van der Waals surface area contributed by atoms with Gasteiger partial charge in [0.15, 0.2) is 0 Å². The average Bonchev–Trinajstić information content (AvgIpc) is 3.20. The average molecular weight is 284 g/mol. The Morgan fingerprint density at radius 2 is 2.43 bits per heavy atom. The first-order chi connectivity index (χ1) is 10.2. The van der Waals surface area contributed by atoms with Gasteiger partial charge in [0.05, 0.1) is 11.7 Å². The molecule has 5 nitrogen and oxygen atoms in total. The van der Waals surface area contributed by atoms with Crippen molar-refractivity contribution in [1.29, 1.82) is 0 Å². The van der Waals surface area contributed by atoms with Crippen LogP contribution in [0.4, 0.5) is 5.69 Å². The van der Waals surface area contributed by atoms with Gasteiger partial charge in [-0.15, -0.1) is 0 Å². The zero-order chi connectivity index (χ0) is 14.7. The third kappa shape index (κ3) is 2.69. The van der Waals surface area contributed by atoms with E-state index in [1.54, 1.807) is 12.5 Å². The summed E-state index contributed by atoms with van der Waals surface area (Å²) in [6.07, 6.45) is 7.12. The van der Waals surface area contributed by atoms with Gasteiger partial charge >= 0.3 is 0 Å². The van der Waals surface area contributed by atoms with Gasteiger partial charge in [-0.3, -0.25) is 4.79 Å². The van der Waals surface area contributed by atoms with Crippen molar-refractivity contribution in [3.05, 3.63) is 43.0 Å². The van der Waals surface area contributed by atoms with Gasteiger partial charge in [0, 0.05) is 30.3 Å². The SMILES string of the molecule is CCC1(C(=O)Nc2cccc(-n3ccnc3)c2)CCNC1. The number of benzene rings is 1. The van der Waals surface area contributed by atoms with E-state index >= 15 is 0 Å². The van der Waals surface area contributed by atoms with Crippen molar-refractivity contribution in [1.82, 2.24) is 14.9 Å². The molecule has 1 aromatic carbocycles. The first kappa shape index (κ1) is 13.8. The maximum absolute atomic E-state index is 12.6. The molecular formula is C16H20N4O. The van der Waals surface area contributed by atoms with Gasteiger partial charge in [-0.1, -0.05) is 13.0 Å². The monoisotopic (exact) mass is 284 g/mol. The number of nitrogens with zero attached hydrogens (tertiary/aromatic N) is 2. The van der Waals surface area contributed by atoms with Crippen LogP contribution >= 0.6 is 0 Å². The van der Waals surface area contributed by atoms with E-state index in [1.165, 1.54) is 0 Å². The molecule has 1 aromatic heterocycles. The fourth-order valence-electron chi connectivity index (χ4n) is 2.82. The van der Waals surface area contributed by atoms with Gasteiger partial charge in [-0.25, -0.2) is 4.98 Å². The topological polar surface area (TPSA) is 59.0 Å². The molecule has 21 heavy (non-hydrogen) atoms. The standard InChI is InChI=1S/C16H20N4O/c1-2-16(6-7-17-11-16)15(21)19-13-4-3-5-14(10-13)20-9-8-18-12-20/h3-5,8-10,12,17H,2,6-7,11H2,1H3,(H,19,21). The quantitative estimate of drug-likeness (QED) is 0.905. The van der Waals surface area contributed by atoms with E-state index in [9.17, 15) is 4.79 Å². The van der Waals surface area contributed by atoms with Gasteiger partial charge in [0.25, 0.3) is 0 Å². The summed E-state index contributed by atoms with van der Waals surface area (Å²) >= 11 is 0. The Morgan fingerprint density at radius 3 is 3.10 bits per heavy atom. The molecule has 0 aliphatic carbocycles. The Labute approximate surface area is 124 Å². The molecule has 1 amide bonds. The van der Waals surface area contributed by atoms with E-state index in [-0.39, 0.29) is 11.3 Å².